The van der Waals surface area contributed by atoms with Crippen LogP contribution in [0.15, 0.2) is 36.4 Å². The Morgan fingerprint density at radius 1 is 0.880 bits per heavy atom. The minimum Gasteiger partial charge on any atom is -0.147 e. The van der Waals surface area contributed by atoms with Crippen molar-refractivity contribution < 1.29 is 18.9 Å². The molecule has 0 nitrogen and oxygen atoms in total. The number of rotatable bonds is 0. The second-order valence-corrected chi connectivity index (χ2v) is 14.7. The monoisotopic (exact) mass is 446 g/mol. The van der Waals surface area contributed by atoms with Gasteiger partial charge >= 0.3 is 46.5 Å². The van der Waals surface area contributed by atoms with Gasteiger partial charge in [-0.15, -0.1) is 94.1 Å². The summed E-state index contributed by atoms with van der Waals surface area (Å²) in [6, 6.07) is 14.6. The fourth-order valence-corrected chi connectivity index (χ4v) is 2.74. The molecule has 0 fully saturated rings. The van der Waals surface area contributed by atoms with Crippen molar-refractivity contribution in [2.75, 3.05) is 0 Å². The molecule has 0 radical (unpaired) electrons. The molecular formula is C22H22Cl2Zr-2. The van der Waals surface area contributed by atoms with Gasteiger partial charge in [-0.1, -0.05) is 26.7 Å². The molecule has 4 rings (SSSR count). The Balaban J connectivity index is 0.000000144. The van der Waals surface area contributed by atoms with Crippen LogP contribution >= 0.6 is 17.0 Å². The Bertz CT molecular complexity index is 751. The van der Waals surface area contributed by atoms with Gasteiger partial charge in [0.2, 0.25) is 0 Å². The first-order valence-electron chi connectivity index (χ1n) is 8.33. The van der Waals surface area contributed by atoms with Crippen LogP contribution in [-0.2, 0) is 31.7 Å². The quantitative estimate of drug-likeness (QED) is 0.406. The van der Waals surface area contributed by atoms with E-state index in [2.05, 4.69) is 62.4 Å². The fraction of sp³-hybridized carbons (Fsp3) is 0.227. The summed E-state index contributed by atoms with van der Waals surface area (Å²) in [6.07, 6.45) is 10.9. The molecule has 0 bridgehead atoms. The summed E-state index contributed by atoms with van der Waals surface area (Å²) in [4.78, 5) is 0. The van der Waals surface area contributed by atoms with Crippen LogP contribution in [0.4, 0.5) is 0 Å². The van der Waals surface area contributed by atoms with Crippen LogP contribution in [0.5, 0.6) is 0 Å². The van der Waals surface area contributed by atoms with E-state index in [9.17, 15) is 0 Å². The zero-order chi connectivity index (χ0) is 18.2. The summed E-state index contributed by atoms with van der Waals surface area (Å²) in [5.74, 6) is 0. The number of halogens is 2. The molecule has 0 unspecified atom stereocenters. The maximum atomic E-state index is 5.37. The van der Waals surface area contributed by atoms with Crippen LogP contribution in [0.2, 0.25) is 0 Å². The summed E-state index contributed by atoms with van der Waals surface area (Å²) >= 11 is -1.76. The Morgan fingerprint density at radius 3 is 1.60 bits per heavy atom. The number of benzene rings is 2. The summed E-state index contributed by atoms with van der Waals surface area (Å²) < 4.78 is 1.89. The van der Waals surface area contributed by atoms with Crippen LogP contribution in [0.25, 0.3) is 12.2 Å². The third-order valence-corrected chi connectivity index (χ3v) is 7.83. The number of fused-ring (bicyclic) bond motifs is 2. The Hall–Kier alpha value is -0.747. The topological polar surface area (TPSA) is 0 Å². The molecule has 0 saturated carbocycles. The molecule has 0 N–H and O–H groups in total. The second-order valence-electron chi connectivity index (χ2n) is 5.90. The third-order valence-electron chi connectivity index (χ3n) is 4.18. The molecule has 0 amide bonds. The molecule has 2 aliphatic carbocycles. The number of aryl methyl sites for hydroxylation is 2. The Labute approximate surface area is 166 Å². The van der Waals surface area contributed by atoms with E-state index in [4.69, 9.17) is 17.0 Å². The minimum absolute atomic E-state index is 1.10. The van der Waals surface area contributed by atoms with E-state index in [1.807, 2.05) is 22.8 Å². The summed E-state index contributed by atoms with van der Waals surface area (Å²) in [7, 11) is 10.7. The van der Waals surface area contributed by atoms with Crippen molar-refractivity contribution in [3.05, 3.63) is 81.9 Å². The maximum absolute atomic E-state index is 5.37. The van der Waals surface area contributed by atoms with Gasteiger partial charge in [0.15, 0.2) is 0 Å². The van der Waals surface area contributed by atoms with E-state index in [1.165, 1.54) is 33.4 Å². The van der Waals surface area contributed by atoms with Crippen LogP contribution in [0.1, 0.15) is 40.3 Å². The number of allylic oxidation sites excluding steroid dienone is 2. The first-order valence-corrected chi connectivity index (χ1v) is 16.1. The summed E-state index contributed by atoms with van der Waals surface area (Å²) in [5.41, 5.74) is 8.22. The van der Waals surface area contributed by atoms with E-state index < -0.39 is 18.9 Å². The van der Waals surface area contributed by atoms with Gasteiger partial charge in [-0.25, -0.2) is 0 Å². The van der Waals surface area contributed by atoms with Crippen LogP contribution in [0, 0.1) is 26.0 Å². The molecular weight excluding hydrogens is 426 g/mol. The smallest absolute Gasteiger partial charge is 0.0525 e. The zero-order valence-corrected chi connectivity index (χ0v) is 18.8. The molecule has 0 aromatic heterocycles. The van der Waals surface area contributed by atoms with Crippen molar-refractivity contribution in [1.29, 1.82) is 0 Å². The molecule has 0 spiro atoms. The fourth-order valence-electron chi connectivity index (χ4n) is 2.74. The Morgan fingerprint density at radius 2 is 1.28 bits per heavy atom. The molecule has 0 heterocycles. The van der Waals surface area contributed by atoms with Crippen molar-refractivity contribution in [3.63, 3.8) is 0 Å². The molecule has 2 aromatic rings. The van der Waals surface area contributed by atoms with Crippen LogP contribution in [-0.4, -0.2) is 3.71 Å². The van der Waals surface area contributed by atoms with E-state index >= 15 is 0 Å². The van der Waals surface area contributed by atoms with Gasteiger partial charge in [-0.05, 0) is 0 Å². The minimum atomic E-state index is -1.76. The standard InChI is InChI=1S/2C10H9.C2H4.2ClH.Zr/c2*1-8-4-2-5-9-6-3-7-10(8)9;1-2;;;/h2*2-4,6H,7H2,1H3;1H,2H3;2*1H;/q2*-1;;;;+2/p-2. The SMILES string of the molecule is C[CH]=[Zr]([Cl])[Cl].Cc1cc[c-]c2c1CC=C2.Cc1cc[c-]c2c1CC=C2. The number of hydrogen-bond donors (Lipinski definition) is 0. The normalized spacial score (nSPS) is 12.4. The molecule has 2 aromatic carbocycles. The van der Waals surface area contributed by atoms with Crippen molar-refractivity contribution in [2.24, 2.45) is 0 Å². The van der Waals surface area contributed by atoms with Gasteiger partial charge in [0.05, 0.1) is 0 Å². The average Bonchev–Trinajstić information content (AvgIpc) is 3.26. The molecule has 0 saturated heterocycles. The van der Waals surface area contributed by atoms with Gasteiger partial charge in [0.1, 0.15) is 0 Å². The Kier molecular flexibility index (Phi) is 8.57. The zero-order valence-electron chi connectivity index (χ0n) is 14.9. The first-order chi connectivity index (χ1) is 12.0. The first kappa shape index (κ1) is 20.6. The van der Waals surface area contributed by atoms with Gasteiger partial charge in [-0.3, -0.25) is 0 Å². The average molecular weight is 449 g/mol. The van der Waals surface area contributed by atoms with E-state index in [-0.39, 0.29) is 0 Å². The van der Waals surface area contributed by atoms with Crippen LogP contribution in [0.3, 0.4) is 0 Å². The molecule has 2 aliphatic rings. The molecule has 3 heteroatoms. The second kappa shape index (κ2) is 10.4. The van der Waals surface area contributed by atoms with Crippen LogP contribution < -0.4 is 0 Å². The van der Waals surface area contributed by atoms with Crippen molar-refractivity contribution >= 4 is 32.9 Å². The maximum Gasteiger partial charge on any atom is -0.0525 e. The predicted octanol–water partition coefficient (Wildman–Crippen LogP) is 6.46. The predicted molar refractivity (Wildman–Crippen MR) is 109 cm³/mol. The largest absolute Gasteiger partial charge is 0.147 e. The van der Waals surface area contributed by atoms with E-state index in [0.717, 1.165) is 12.8 Å². The molecule has 25 heavy (non-hydrogen) atoms. The van der Waals surface area contributed by atoms with E-state index in [0.29, 0.717) is 0 Å². The number of hydrogen-bond acceptors (Lipinski definition) is 0. The van der Waals surface area contributed by atoms with Gasteiger partial charge in [-0.2, -0.15) is 0 Å². The summed E-state index contributed by atoms with van der Waals surface area (Å²) in [6.45, 7) is 6.20. The third kappa shape index (κ3) is 6.17. The molecule has 130 valence electrons. The van der Waals surface area contributed by atoms with E-state index in [1.54, 1.807) is 0 Å². The summed E-state index contributed by atoms with van der Waals surface area (Å²) in [5, 5.41) is 0. The van der Waals surface area contributed by atoms with Crippen molar-refractivity contribution in [2.45, 2.75) is 33.6 Å². The van der Waals surface area contributed by atoms with Gasteiger partial charge in [0.25, 0.3) is 0 Å². The molecule has 0 atom stereocenters. The van der Waals surface area contributed by atoms with Crippen molar-refractivity contribution in [1.82, 2.24) is 0 Å². The molecule has 0 aliphatic heterocycles. The van der Waals surface area contributed by atoms with Crippen molar-refractivity contribution in [3.8, 4) is 0 Å². The van der Waals surface area contributed by atoms with Gasteiger partial charge < -0.3 is 0 Å². The van der Waals surface area contributed by atoms with Gasteiger partial charge in [0, 0.05) is 0 Å².